The number of hydrogen-bond acceptors (Lipinski definition) is 5. The van der Waals surface area contributed by atoms with Gasteiger partial charge in [-0.2, -0.15) is 8.42 Å². The van der Waals surface area contributed by atoms with Crippen LogP contribution in [0.25, 0.3) is 0 Å². The molecule has 0 fully saturated rings. The molecule has 29 heavy (non-hydrogen) atoms. The fourth-order valence-corrected chi connectivity index (χ4v) is 4.37. The largest absolute Gasteiger partial charge is 0.387 e. The number of hydrogen-bond donors (Lipinski definition) is 3. The Bertz CT molecular complexity index is 552. The van der Waals surface area contributed by atoms with E-state index in [9.17, 15) is 18.6 Å². The number of likely N-dealkylation sites (N-methyl/N-ethyl adjacent to an activating group) is 2. The Morgan fingerprint density at radius 3 is 1.62 bits per heavy atom. The summed E-state index contributed by atoms with van der Waals surface area (Å²) in [4.78, 5) is 2.45. The fraction of sp³-hybridized carbons (Fsp3) is 1.00. The third kappa shape index (κ3) is 15.2. The molecule has 0 radical (unpaired) electrons. The minimum absolute atomic E-state index is 0.248. The highest BCUT2D eigenvalue weighted by molar-refractivity contribution is 7.85. The van der Waals surface area contributed by atoms with E-state index in [2.05, 4.69) is 32.8 Å². The summed E-state index contributed by atoms with van der Waals surface area (Å²) in [6.45, 7) is 11.2. The van der Waals surface area contributed by atoms with Crippen LogP contribution in [0.4, 0.5) is 0 Å². The van der Waals surface area contributed by atoms with Gasteiger partial charge in [0.2, 0.25) is 0 Å². The van der Waals surface area contributed by atoms with E-state index in [1.54, 1.807) is 0 Å². The highest BCUT2D eigenvalue weighted by atomic mass is 32.2. The van der Waals surface area contributed by atoms with E-state index in [0.717, 1.165) is 56.5 Å². The van der Waals surface area contributed by atoms with Crippen LogP contribution in [0.15, 0.2) is 0 Å². The van der Waals surface area contributed by atoms with Crippen LogP contribution in [-0.4, -0.2) is 129 Å². The van der Waals surface area contributed by atoms with Gasteiger partial charge in [0.25, 0.3) is 10.1 Å². The van der Waals surface area contributed by atoms with Gasteiger partial charge in [-0.05, 0) is 20.3 Å². The topological polar surface area (TPSA) is 98.1 Å². The number of aliphatic hydroxyl groups excluding tert-OH is 2. The molecule has 3 N–H and O–H groups in total. The molecule has 0 heterocycles. The summed E-state index contributed by atoms with van der Waals surface area (Å²) >= 11 is 0. The normalized spacial score (nSPS) is 15.9. The molecular weight excluding hydrogens is 394 g/mol. The van der Waals surface area contributed by atoms with E-state index in [0.29, 0.717) is 10.5 Å². The maximum absolute atomic E-state index is 10.9. The maximum atomic E-state index is 10.9. The fourth-order valence-electron chi connectivity index (χ4n) is 3.78. The highest BCUT2D eigenvalue weighted by Gasteiger charge is 2.25. The maximum Gasteiger partial charge on any atom is 0.267 e. The first-order valence-electron chi connectivity index (χ1n) is 10.8. The number of aliphatic hydroxyl groups is 2. The molecule has 0 aliphatic rings. The van der Waals surface area contributed by atoms with E-state index in [4.69, 9.17) is 4.55 Å². The summed E-state index contributed by atoms with van der Waals surface area (Å²) in [7, 11) is 4.10. The summed E-state index contributed by atoms with van der Waals surface area (Å²) in [5.41, 5.74) is 0. The molecule has 0 rings (SSSR count). The van der Waals surface area contributed by atoms with Crippen molar-refractivity contribution < 1.29 is 32.1 Å². The Balaban J connectivity index is 4.43. The third-order valence-corrected chi connectivity index (χ3v) is 6.24. The van der Waals surface area contributed by atoms with Crippen molar-refractivity contribution in [3.05, 3.63) is 0 Å². The van der Waals surface area contributed by atoms with Crippen molar-refractivity contribution in [3.63, 3.8) is 0 Å². The molecule has 0 aliphatic heterocycles. The van der Waals surface area contributed by atoms with Crippen LogP contribution in [0.5, 0.6) is 0 Å². The lowest BCUT2D eigenvalue weighted by atomic mass is 10.2. The van der Waals surface area contributed by atoms with E-state index in [-0.39, 0.29) is 12.6 Å². The second-order valence-electron chi connectivity index (χ2n) is 9.99. The quantitative estimate of drug-likeness (QED) is 0.240. The van der Waals surface area contributed by atoms with E-state index >= 15 is 0 Å². The highest BCUT2D eigenvalue weighted by Crippen LogP contribution is 2.09. The lowest BCUT2D eigenvalue weighted by Crippen LogP contribution is -2.49. The SMILES string of the molecule is CCC(O)C[N+](C)(C)CCCN(CCC[N+](C)(C)CC(O)CS(=O)(=O)O)C(C)C. The summed E-state index contributed by atoms with van der Waals surface area (Å²) < 4.78 is 32.0. The zero-order chi connectivity index (χ0) is 22.9. The zero-order valence-electron chi connectivity index (χ0n) is 19.7. The second-order valence-corrected chi connectivity index (χ2v) is 11.5. The summed E-state index contributed by atoms with van der Waals surface area (Å²) in [5, 5.41) is 19.8. The second kappa shape index (κ2) is 12.5. The first kappa shape index (κ1) is 28.7. The predicted octanol–water partition coefficient (Wildman–Crippen LogP) is 0.649. The van der Waals surface area contributed by atoms with Crippen LogP contribution in [0.3, 0.4) is 0 Å². The molecule has 9 heteroatoms. The van der Waals surface area contributed by atoms with Gasteiger partial charge in [-0.1, -0.05) is 6.92 Å². The molecule has 2 atom stereocenters. The van der Waals surface area contributed by atoms with Crippen LogP contribution in [-0.2, 0) is 10.1 Å². The van der Waals surface area contributed by atoms with Gasteiger partial charge in [0.05, 0.1) is 41.3 Å². The average Bonchev–Trinajstić information content (AvgIpc) is 2.49. The molecular formula is C20H47N3O5S+2. The van der Waals surface area contributed by atoms with E-state index < -0.39 is 22.0 Å². The Kier molecular flexibility index (Phi) is 12.4. The van der Waals surface area contributed by atoms with Gasteiger partial charge in [-0.3, -0.25) is 4.55 Å². The minimum atomic E-state index is -4.16. The molecule has 176 valence electrons. The number of nitrogens with zero attached hydrogens (tertiary/aromatic N) is 3. The van der Waals surface area contributed by atoms with Crippen molar-refractivity contribution in [1.82, 2.24) is 4.90 Å². The summed E-state index contributed by atoms with van der Waals surface area (Å²) in [6.07, 6.45) is 1.47. The van der Waals surface area contributed by atoms with Gasteiger partial charge in [0.15, 0.2) is 0 Å². The summed E-state index contributed by atoms with van der Waals surface area (Å²) in [6, 6.07) is 0.438. The average molecular weight is 442 g/mol. The Morgan fingerprint density at radius 2 is 1.28 bits per heavy atom. The predicted molar refractivity (Wildman–Crippen MR) is 118 cm³/mol. The molecule has 0 aliphatic carbocycles. The van der Waals surface area contributed by atoms with Gasteiger partial charge >= 0.3 is 0 Å². The lowest BCUT2D eigenvalue weighted by Gasteiger charge is -2.35. The number of quaternary nitrogens is 2. The number of rotatable bonds is 16. The molecule has 0 saturated heterocycles. The minimum Gasteiger partial charge on any atom is -0.387 e. The Hall–Kier alpha value is -0.290. The van der Waals surface area contributed by atoms with Crippen molar-refractivity contribution in [1.29, 1.82) is 0 Å². The molecule has 0 amide bonds. The van der Waals surface area contributed by atoms with E-state index in [1.165, 1.54) is 0 Å². The van der Waals surface area contributed by atoms with E-state index in [1.807, 2.05) is 21.0 Å². The summed E-state index contributed by atoms with van der Waals surface area (Å²) in [5.74, 6) is -0.617. The van der Waals surface area contributed by atoms with Crippen LogP contribution in [0.1, 0.15) is 40.0 Å². The standard InChI is InChI=1S/C20H46N3O5S/c1-8-19(24)15-22(4,5)13-9-11-21(18(2)3)12-10-14-23(6,7)16-20(25)17-29(26,27)28/h18-20,24-25H,8-17H2,1-7H3/q+1/p+1. The molecule has 0 aromatic carbocycles. The van der Waals surface area contributed by atoms with Crippen molar-refractivity contribution in [2.45, 2.75) is 58.3 Å². The molecule has 0 aromatic heterocycles. The van der Waals surface area contributed by atoms with Gasteiger partial charge in [-0.15, -0.1) is 0 Å². The molecule has 0 aromatic rings. The molecule has 2 unspecified atom stereocenters. The molecule has 0 bridgehead atoms. The Morgan fingerprint density at radius 1 is 0.862 bits per heavy atom. The van der Waals surface area contributed by atoms with Crippen molar-refractivity contribution in [2.24, 2.45) is 0 Å². The smallest absolute Gasteiger partial charge is 0.267 e. The Labute approximate surface area is 179 Å². The van der Waals surface area contributed by atoms with Crippen LogP contribution in [0.2, 0.25) is 0 Å². The molecule has 0 spiro atoms. The first-order chi connectivity index (χ1) is 13.1. The molecule has 8 nitrogen and oxygen atoms in total. The lowest BCUT2D eigenvalue weighted by molar-refractivity contribution is -0.893. The first-order valence-corrected chi connectivity index (χ1v) is 12.4. The van der Waals surface area contributed by atoms with Gasteiger partial charge in [0.1, 0.15) is 31.1 Å². The van der Waals surface area contributed by atoms with Gasteiger partial charge in [-0.25, -0.2) is 0 Å². The molecule has 0 saturated carbocycles. The van der Waals surface area contributed by atoms with Crippen molar-refractivity contribution in [3.8, 4) is 0 Å². The van der Waals surface area contributed by atoms with Crippen LogP contribution >= 0.6 is 0 Å². The van der Waals surface area contributed by atoms with Crippen LogP contribution in [0, 0.1) is 0 Å². The van der Waals surface area contributed by atoms with Crippen molar-refractivity contribution in [2.75, 3.05) is 73.2 Å². The third-order valence-electron chi connectivity index (χ3n) is 5.43. The zero-order valence-corrected chi connectivity index (χ0v) is 20.5. The van der Waals surface area contributed by atoms with Gasteiger partial charge < -0.3 is 24.1 Å². The van der Waals surface area contributed by atoms with Crippen LogP contribution < -0.4 is 0 Å². The monoisotopic (exact) mass is 441 g/mol. The van der Waals surface area contributed by atoms with Crippen molar-refractivity contribution >= 4 is 10.1 Å². The van der Waals surface area contributed by atoms with Gasteiger partial charge in [0, 0.05) is 32.0 Å².